The maximum Gasteiger partial charge on any atom is 0.306 e. The van der Waals surface area contributed by atoms with E-state index in [1.807, 2.05) is 14.0 Å². The lowest BCUT2D eigenvalue weighted by atomic mass is 9.45. The van der Waals surface area contributed by atoms with Gasteiger partial charge in [-0.1, -0.05) is 13.8 Å². The molecule has 0 aliphatic heterocycles. The predicted molar refractivity (Wildman–Crippen MR) is 105 cm³/mol. The fourth-order valence-corrected chi connectivity index (χ4v) is 9.44. The molecule has 3 heteroatoms. The van der Waals surface area contributed by atoms with Crippen LogP contribution in [-0.4, -0.2) is 25.8 Å². The Morgan fingerprint density at radius 1 is 1.07 bits per heavy atom. The summed E-state index contributed by atoms with van der Waals surface area (Å²) in [5.74, 6) is 3.95. The minimum Gasteiger partial charge on any atom is -0.466 e. The zero-order valence-corrected chi connectivity index (χ0v) is 17.8. The van der Waals surface area contributed by atoms with Gasteiger partial charge in [-0.15, -0.1) is 0 Å². The molecule has 0 bridgehead atoms. The average molecular weight is 375 g/mol. The Bertz CT molecular complexity index is 631. The molecule has 0 aromatic carbocycles. The highest BCUT2D eigenvalue weighted by atomic mass is 16.5. The Morgan fingerprint density at radius 2 is 1.89 bits per heavy atom. The van der Waals surface area contributed by atoms with E-state index >= 15 is 0 Å². The van der Waals surface area contributed by atoms with Crippen molar-refractivity contribution in [2.75, 3.05) is 13.7 Å². The second-order valence-corrected chi connectivity index (χ2v) is 11.1. The lowest BCUT2D eigenvalue weighted by Gasteiger charge is -2.60. The molecule has 0 aromatic heterocycles. The molecule has 27 heavy (non-hydrogen) atoms. The third-order valence-electron chi connectivity index (χ3n) is 10.7. The summed E-state index contributed by atoms with van der Waals surface area (Å²) in [5, 5.41) is 0. The number of methoxy groups -OCH3 is 1. The molecular formula is C24H38O3. The maximum atomic E-state index is 12.2. The quantitative estimate of drug-likeness (QED) is 0.633. The summed E-state index contributed by atoms with van der Waals surface area (Å²) in [4.78, 5) is 12.2. The van der Waals surface area contributed by atoms with Crippen molar-refractivity contribution in [1.29, 1.82) is 0 Å². The normalized spacial score (nSPS) is 55.3. The van der Waals surface area contributed by atoms with Crippen LogP contribution in [0.15, 0.2) is 0 Å². The van der Waals surface area contributed by atoms with E-state index in [4.69, 9.17) is 9.47 Å². The van der Waals surface area contributed by atoms with E-state index in [-0.39, 0.29) is 5.97 Å². The molecule has 152 valence electrons. The Kier molecular flexibility index (Phi) is 4.08. The van der Waals surface area contributed by atoms with Crippen LogP contribution in [-0.2, 0) is 14.3 Å². The van der Waals surface area contributed by atoms with Gasteiger partial charge in [0, 0.05) is 18.9 Å². The van der Waals surface area contributed by atoms with Gasteiger partial charge in [0.2, 0.25) is 0 Å². The van der Waals surface area contributed by atoms with Crippen LogP contribution in [0.2, 0.25) is 0 Å². The molecule has 5 rings (SSSR count). The number of hydrogen-bond donors (Lipinski definition) is 0. The molecular weight excluding hydrogens is 336 g/mol. The lowest BCUT2D eigenvalue weighted by Crippen LogP contribution is -2.56. The predicted octanol–water partition coefficient (Wildman–Crippen LogP) is 5.22. The molecule has 0 heterocycles. The van der Waals surface area contributed by atoms with Crippen molar-refractivity contribution in [3.8, 4) is 0 Å². The van der Waals surface area contributed by atoms with E-state index in [9.17, 15) is 4.79 Å². The van der Waals surface area contributed by atoms with Crippen molar-refractivity contribution in [2.45, 2.75) is 84.7 Å². The zero-order chi connectivity index (χ0) is 19.0. The van der Waals surface area contributed by atoms with Gasteiger partial charge in [0.1, 0.15) is 0 Å². The molecule has 5 saturated carbocycles. The Morgan fingerprint density at radius 3 is 2.59 bits per heavy atom. The molecule has 5 fully saturated rings. The summed E-state index contributed by atoms with van der Waals surface area (Å²) in [6, 6.07) is 0. The monoisotopic (exact) mass is 374 g/mol. The first kappa shape index (κ1) is 18.5. The van der Waals surface area contributed by atoms with Crippen molar-refractivity contribution < 1.29 is 14.3 Å². The Labute approximate surface area is 164 Å². The fourth-order valence-electron chi connectivity index (χ4n) is 9.44. The van der Waals surface area contributed by atoms with Gasteiger partial charge in [-0.2, -0.15) is 0 Å². The maximum absolute atomic E-state index is 12.2. The standard InChI is InChI=1S/C24H38O3/c1-5-27-21(25)12-15-6-7-18-17-13-20(26-4)24-14-16(24)8-11-23(24,3)19(17)9-10-22(15,18)2/h15-20H,5-14H2,1-4H3/t15-,16?,17+,18+,19+,20-,22-,23-,24?/m1/s1. The van der Waals surface area contributed by atoms with Crippen LogP contribution in [0.4, 0.5) is 0 Å². The second kappa shape index (κ2) is 5.97. The van der Waals surface area contributed by atoms with E-state index in [0.29, 0.717) is 41.3 Å². The first-order valence-corrected chi connectivity index (χ1v) is 11.6. The number of rotatable bonds is 4. The SMILES string of the molecule is CCOC(=O)C[C@H]1CC[C@H]2[C@@H]3C[C@@H](OC)C45CC4CC[C@]5(C)[C@H]3CC[C@]12C. The fraction of sp³-hybridized carbons (Fsp3) is 0.958. The summed E-state index contributed by atoms with van der Waals surface area (Å²) in [5.41, 5.74) is 1.34. The molecule has 1 spiro atoms. The molecule has 0 amide bonds. The minimum absolute atomic E-state index is 0.0208. The van der Waals surface area contributed by atoms with Gasteiger partial charge in [0.25, 0.3) is 0 Å². The Hall–Kier alpha value is -0.570. The van der Waals surface area contributed by atoms with E-state index in [2.05, 4.69) is 13.8 Å². The van der Waals surface area contributed by atoms with Crippen LogP contribution in [0, 0.1) is 45.8 Å². The minimum atomic E-state index is 0.0208. The van der Waals surface area contributed by atoms with Gasteiger partial charge in [-0.3, -0.25) is 4.79 Å². The average Bonchev–Trinajstić information content (AvgIpc) is 3.17. The number of hydrogen-bond acceptors (Lipinski definition) is 3. The van der Waals surface area contributed by atoms with Crippen LogP contribution >= 0.6 is 0 Å². The van der Waals surface area contributed by atoms with Crippen molar-refractivity contribution in [3.05, 3.63) is 0 Å². The number of carbonyl (C=O) groups excluding carboxylic acids is 1. The van der Waals surface area contributed by atoms with Crippen molar-refractivity contribution in [1.82, 2.24) is 0 Å². The molecule has 3 nitrogen and oxygen atoms in total. The van der Waals surface area contributed by atoms with Crippen molar-refractivity contribution >= 4 is 5.97 Å². The molecule has 9 atom stereocenters. The van der Waals surface area contributed by atoms with Crippen LogP contribution in [0.1, 0.15) is 78.6 Å². The van der Waals surface area contributed by atoms with E-state index < -0.39 is 0 Å². The molecule has 5 aliphatic carbocycles. The Balaban J connectivity index is 1.41. The molecule has 0 saturated heterocycles. The van der Waals surface area contributed by atoms with Crippen LogP contribution in [0.3, 0.4) is 0 Å². The summed E-state index contributed by atoms with van der Waals surface area (Å²) in [6.45, 7) is 7.57. The van der Waals surface area contributed by atoms with Gasteiger partial charge >= 0.3 is 5.97 Å². The van der Waals surface area contributed by atoms with Gasteiger partial charge in [0.15, 0.2) is 0 Å². The summed E-state index contributed by atoms with van der Waals surface area (Å²) < 4.78 is 11.5. The molecule has 2 unspecified atom stereocenters. The lowest BCUT2D eigenvalue weighted by molar-refractivity contribution is -0.162. The third kappa shape index (κ3) is 2.21. The van der Waals surface area contributed by atoms with E-state index in [1.54, 1.807) is 0 Å². The summed E-state index contributed by atoms with van der Waals surface area (Å²) in [7, 11) is 1.97. The molecule has 5 aliphatic rings. The number of fused-ring (bicyclic) bond motifs is 4. The largest absolute Gasteiger partial charge is 0.466 e. The first-order valence-electron chi connectivity index (χ1n) is 11.6. The highest BCUT2D eigenvalue weighted by Gasteiger charge is 2.77. The highest BCUT2D eigenvalue weighted by molar-refractivity contribution is 5.69. The highest BCUT2D eigenvalue weighted by Crippen LogP contribution is 2.82. The van der Waals surface area contributed by atoms with Gasteiger partial charge < -0.3 is 9.47 Å². The second-order valence-electron chi connectivity index (χ2n) is 11.1. The van der Waals surface area contributed by atoms with Crippen LogP contribution in [0.5, 0.6) is 0 Å². The van der Waals surface area contributed by atoms with Crippen LogP contribution in [0.25, 0.3) is 0 Å². The van der Waals surface area contributed by atoms with E-state index in [0.717, 1.165) is 23.7 Å². The summed E-state index contributed by atoms with van der Waals surface area (Å²) in [6.07, 6.45) is 11.9. The van der Waals surface area contributed by atoms with Gasteiger partial charge in [-0.25, -0.2) is 0 Å². The smallest absolute Gasteiger partial charge is 0.306 e. The number of ether oxygens (including phenoxy) is 2. The van der Waals surface area contributed by atoms with Crippen LogP contribution < -0.4 is 0 Å². The first-order chi connectivity index (χ1) is 12.9. The molecule has 0 radical (unpaired) electrons. The van der Waals surface area contributed by atoms with Crippen molar-refractivity contribution in [3.63, 3.8) is 0 Å². The zero-order valence-electron chi connectivity index (χ0n) is 17.8. The summed E-state index contributed by atoms with van der Waals surface area (Å²) >= 11 is 0. The topological polar surface area (TPSA) is 35.5 Å². The van der Waals surface area contributed by atoms with Gasteiger partial charge in [-0.05, 0) is 98.7 Å². The number of esters is 1. The third-order valence-corrected chi connectivity index (χ3v) is 10.7. The number of carbonyl (C=O) groups is 1. The molecule has 0 aromatic rings. The van der Waals surface area contributed by atoms with Gasteiger partial charge in [0.05, 0.1) is 12.7 Å². The molecule has 0 N–H and O–H groups in total. The van der Waals surface area contributed by atoms with E-state index in [1.165, 1.54) is 51.4 Å². The van der Waals surface area contributed by atoms with Crippen molar-refractivity contribution in [2.24, 2.45) is 45.8 Å².